The molecular formula is C18H16ClN3O4. The zero-order valence-corrected chi connectivity index (χ0v) is 14.7. The summed E-state index contributed by atoms with van der Waals surface area (Å²) >= 11 is 5.76. The number of nitrogens with one attached hydrogen (secondary N) is 1. The van der Waals surface area contributed by atoms with Crippen LogP contribution in [0.5, 0.6) is 0 Å². The molecule has 3 rings (SSSR count). The molecule has 0 unspecified atom stereocenters. The van der Waals surface area contributed by atoms with E-state index >= 15 is 0 Å². The Labute approximate surface area is 154 Å². The molecule has 134 valence electrons. The summed E-state index contributed by atoms with van der Waals surface area (Å²) in [7, 11) is 1.56. The Morgan fingerprint density at radius 1 is 1.19 bits per heavy atom. The molecule has 1 aromatic heterocycles. The highest BCUT2D eigenvalue weighted by atomic mass is 35.5. The van der Waals surface area contributed by atoms with Crippen molar-refractivity contribution >= 4 is 35.1 Å². The molecule has 2 aromatic rings. The van der Waals surface area contributed by atoms with Gasteiger partial charge < -0.3 is 10.1 Å². The molecule has 1 aliphatic rings. The number of rotatable bonds is 6. The van der Waals surface area contributed by atoms with Gasteiger partial charge in [-0.15, -0.1) is 0 Å². The fourth-order valence-electron chi connectivity index (χ4n) is 2.64. The molecule has 0 saturated carbocycles. The van der Waals surface area contributed by atoms with E-state index in [0.29, 0.717) is 29.4 Å². The fraction of sp³-hybridized carbons (Fsp3) is 0.222. The third-order valence-corrected chi connectivity index (χ3v) is 4.16. The Hall–Kier alpha value is -2.77. The van der Waals surface area contributed by atoms with Crippen LogP contribution in [0, 0.1) is 0 Å². The summed E-state index contributed by atoms with van der Waals surface area (Å²) in [6.45, 7) is 0.728. The van der Waals surface area contributed by atoms with Gasteiger partial charge in [-0.1, -0.05) is 11.6 Å². The Balaban J connectivity index is 1.77. The molecule has 8 heteroatoms. The van der Waals surface area contributed by atoms with Gasteiger partial charge in [-0.3, -0.25) is 19.3 Å². The van der Waals surface area contributed by atoms with Gasteiger partial charge in [0.1, 0.15) is 5.82 Å². The van der Waals surface area contributed by atoms with E-state index < -0.39 is 11.8 Å². The molecule has 26 heavy (non-hydrogen) atoms. The first kappa shape index (κ1) is 18.0. The van der Waals surface area contributed by atoms with E-state index in [1.54, 1.807) is 19.2 Å². The lowest BCUT2D eigenvalue weighted by Gasteiger charge is -2.12. The van der Waals surface area contributed by atoms with Crippen molar-refractivity contribution in [2.45, 2.75) is 6.42 Å². The lowest BCUT2D eigenvalue weighted by molar-refractivity contribution is 0.0638. The average molecular weight is 374 g/mol. The second-order valence-electron chi connectivity index (χ2n) is 5.68. The molecule has 0 radical (unpaired) electrons. The second kappa shape index (κ2) is 7.63. The van der Waals surface area contributed by atoms with Gasteiger partial charge in [-0.05, 0) is 36.8 Å². The predicted molar refractivity (Wildman–Crippen MR) is 95.5 cm³/mol. The number of ether oxygens (including phenoxy) is 1. The first-order valence-corrected chi connectivity index (χ1v) is 8.31. The summed E-state index contributed by atoms with van der Waals surface area (Å²) < 4.78 is 4.95. The monoisotopic (exact) mass is 373 g/mol. The van der Waals surface area contributed by atoms with Crippen LogP contribution in [-0.4, -0.2) is 47.9 Å². The van der Waals surface area contributed by atoms with Crippen molar-refractivity contribution < 1.29 is 19.1 Å². The number of anilines is 1. The third-order valence-electron chi connectivity index (χ3n) is 3.93. The van der Waals surface area contributed by atoms with E-state index in [1.807, 2.05) is 0 Å². The first-order valence-electron chi connectivity index (χ1n) is 7.93. The number of aromatic nitrogens is 1. The maximum atomic E-state index is 12.5. The molecule has 0 aliphatic carbocycles. The third kappa shape index (κ3) is 3.58. The molecule has 0 fully saturated rings. The number of imide groups is 1. The molecule has 0 atom stereocenters. The van der Waals surface area contributed by atoms with Crippen molar-refractivity contribution in [1.82, 2.24) is 9.88 Å². The lowest BCUT2D eigenvalue weighted by atomic mass is 10.1. The van der Waals surface area contributed by atoms with Gasteiger partial charge in [0, 0.05) is 32.0 Å². The largest absolute Gasteiger partial charge is 0.385 e. The molecule has 0 saturated heterocycles. The van der Waals surface area contributed by atoms with Crippen LogP contribution >= 0.6 is 11.6 Å². The van der Waals surface area contributed by atoms with Crippen LogP contribution in [0.4, 0.5) is 5.82 Å². The summed E-state index contributed by atoms with van der Waals surface area (Å²) in [5, 5.41) is 3.08. The standard InChI is InChI=1S/C18H16ClN3O4/c1-26-8-2-7-22-17(24)13-5-3-11(9-14(13)18(22)25)16(23)21-15-6-4-12(19)10-20-15/h3-6,9-10H,2,7-8H2,1H3,(H,20,21,23). The van der Waals surface area contributed by atoms with Crippen LogP contribution in [-0.2, 0) is 4.74 Å². The minimum atomic E-state index is -0.430. The summed E-state index contributed by atoms with van der Waals surface area (Å²) in [6, 6.07) is 7.61. The van der Waals surface area contributed by atoms with Crippen molar-refractivity contribution in [2.24, 2.45) is 0 Å². The smallest absolute Gasteiger partial charge is 0.261 e. The summed E-state index contributed by atoms with van der Waals surface area (Å²) in [5.41, 5.74) is 0.790. The van der Waals surface area contributed by atoms with E-state index in [-0.39, 0.29) is 23.6 Å². The normalized spacial score (nSPS) is 13.1. The summed E-state index contributed by atoms with van der Waals surface area (Å²) in [5.74, 6) is -0.850. The second-order valence-corrected chi connectivity index (χ2v) is 6.12. The highest BCUT2D eigenvalue weighted by Crippen LogP contribution is 2.24. The zero-order chi connectivity index (χ0) is 18.7. The molecule has 1 aromatic carbocycles. The van der Waals surface area contributed by atoms with E-state index in [9.17, 15) is 14.4 Å². The Bertz CT molecular complexity index is 867. The molecular weight excluding hydrogens is 358 g/mol. The number of nitrogens with zero attached hydrogens (tertiary/aromatic N) is 2. The maximum absolute atomic E-state index is 12.5. The van der Waals surface area contributed by atoms with Gasteiger partial charge in [-0.2, -0.15) is 0 Å². The van der Waals surface area contributed by atoms with E-state index in [1.165, 1.54) is 29.3 Å². The highest BCUT2D eigenvalue weighted by Gasteiger charge is 2.35. The van der Waals surface area contributed by atoms with E-state index in [4.69, 9.17) is 16.3 Å². The van der Waals surface area contributed by atoms with Crippen LogP contribution in [0.3, 0.4) is 0 Å². The minimum Gasteiger partial charge on any atom is -0.385 e. The molecule has 0 bridgehead atoms. The number of amides is 3. The fourth-order valence-corrected chi connectivity index (χ4v) is 2.75. The zero-order valence-electron chi connectivity index (χ0n) is 14.0. The van der Waals surface area contributed by atoms with Crippen molar-refractivity contribution in [1.29, 1.82) is 0 Å². The quantitative estimate of drug-likeness (QED) is 0.621. The van der Waals surface area contributed by atoms with Crippen molar-refractivity contribution in [3.8, 4) is 0 Å². The van der Waals surface area contributed by atoms with Crippen LogP contribution in [0.25, 0.3) is 0 Å². The summed E-state index contributed by atoms with van der Waals surface area (Å²) in [4.78, 5) is 42.4. The number of carbonyl (C=O) groups is 3. The molecule has 1 aliphatic heterocycles. The Morgan fingerprint density at radius 2 is 1.96 bits per heavy atom. The highest BCUT2D eigenvalue weighted by molar-refractivity contribution is 6.30. The van der Waals surface area contributed by atoms with Gasteiger partial charge in [0.05, 0.1) is 16.1 Å². The molecule has 7 nitrogen and oxygen atoms in total. The molecule has 2 heterocycles. The van der Waals surface area contributed by atoms with Gasteiger partial charge in [-0.25, -0.2) is 4.98 Å². The first-order chi connectivity index (χ1) is 12.5. The predicted octanol–water partition coefficient (Wildman–Crippen LogP) is 2.62. The Kier molecular flexibility index (Phi) is 5.29. The Morgan fingerprint density at radius 3 is 2.65 bits per heavy atom. The molecule has 3 amide bonds. The molecule has 1 N–H and O–H groups in total. The van der Waals surface area contributed by atoms with E-state index in [2.05, 4.69) is 10.3 Å². The van der Waals surface area contributed by atoms with Crippen molar-refractivity contribution in [2.75, 3.05) is 25.6 Å². The van der Waals surface area contributed by atoms with Gasteiger partial charge in [0.25, 0.3) is 17.7 Å². The summed E-state index contributed by atoms with van der Waals surface area (Å²) in [6.07, 6.45) is 1.97. The van der Waals surface area contributed by atoms with Crippen LogP contribution in [0.1, 0.15) is 37.5 Å². The maximum Gasteiger partial charge on any atom is 0.261 e. The lowest BCUT2D eigenvalue weighted by Crippen LogP contribution is -2.31. The number of hydrogen-bond acceptors (Lipinski definition) is 5. The van der Waals surface area contributed by atoms with Crippen LogP contribution < -0.4 is 5.32 Å². The molecule has 0 spiro atoms. The SMILES string of the molecule is COCCCN1C(=O)c2ccc(C(=O)Nc3ccc(Cl)cn3)cc2C1=O. The van der Waals surface area contributed by atoms with Crippen LogP contribution in [0.2, 0.25) is 5.02 Å². The van der Waals surface area contributed by atoms with Gasteiger partial charge in [0.2, 0.25) is 0 Å². The van der Waals surface area contributed by atoms with Crippen molar-refractivity contribution in [3.63, 3.8) is 0 Å². The number of halogens is 1. The number of benzene rings is 1. The van der Waals surface area contributed by atoms with Crippen molar-refractivity contribution in [3.05, 3.63) is 58.2 Å². The van der Waals surface area contributed by atoms with E-state index in [0.717, 1.165) is 0 Å². The number of hydrogen-bond donors (Lipinski definition) is 1. The number of carbonyl (C=O) groups excluding carboxylic acids is 3. The average Bonchev–Trinajstić information content (AvgIpc) is 2.88. The number of fused-ring (bicyclic) bond motifs is 1. The van der Waals surface area contributed by atoms with Gasteiger partial charge >= 0.3 is 0 Å². The minimum absolute atomic E-state index is 0.226. The number of pyridine rings is 1. The van der Waals surface area contributed by atoms with Gasteiger partial charge in [0.15, 0.2) is 0 Å². The topological polar surface area (TPSA) is 88.6 Å². The number of methoxy groups -OCH3 is 1. The van der Waals surface area contributed by atoms with Crippen LogP contribution in [0.15, 0.2) is 36.5 Å².